The lowest BCUT2D eigenvalue weighted by Crippen LogP contribution is -2.11. The number of carbonyl (C=O) groups excluding carboxylic acids is 1. The second-order valence-corrected chi connectivity index (χ2v) is 6.16. The highest BCUT2D eigenvalue weighted by atomic mass is 32.2. The van der Waals surface area contributed by atoms with Crippen molar-refractivity contribution in [3.05, 3.63) is 24.3 Å². The highest BCUT2D eigenvalue weighted by Crippen LogP contribution is 2.32. The van der Waals surface area contributed by atoms with E-state index in [0.717, 1.165) is 23.3 Å². The summed E-state index contributed by atoms with van der Waals surface area (Å²) in [5.74, 6) is 0.638. The first kappa shape index (κ1) is 14.1. The van der Waals surface area contributed by atoms with Gasteiger partial charge in [0.15, 0.2) is 5.16 Å². The van der Waals surface area contributed by atoms with Crippen molar-refractivity contribution in [2.75, 3.05) is 11.9 Å². The summed E-state index contributed by atoms with van der Waals surface area (Å²) in [4.78, 5) is 20.8. The molecule has 0 radical (unpaired) electrons. The fourth-order valence-electron chi connectivity index (χ4n) is 2.35. The van der Waals surface area contributed by atoms with Gasteiger partial charge in [0.25, 0.3) is 0 Å². The third-order valence-corrected chi connectivity index (χ3v) is 4.36. The number of para-hydroxylation sites is 1. The lowest BCUT2D eigenvalue weighted by Gasteiger charge is -2.10. The summed E-state index contributed by atoms with van der Waals surface area (Å²) in [6, 6.07) is 7.87. The predicted octanol–water partition coefficient (Wildman–Crippen LogP) is 2.86. The molecule has 6 heteroatoms. The molecule has 21 heavy (non-hydrogen) atoms. The molecular formula is C15H17N3O2S. The smallest absolute Gasteiger partial charge is 0.319 e. The largest absolute Gasteiger partial charge is 0.462 e. The number of nitrogens with zero attached hydrogens (tertiary/aromatic N) is 2. The molecule has 0 unspecified atom stereocenters. The van der Waals surface area contributed by atoms with Gasteiger partial charge in [-0.1, -0.05) is 23.9 Å². The Morgan fingerprint density at radius 1 is 1.38 bits per heavy atom. The summed E-state index contributed by atoms with van der Waals surface area (Å²) in [7, 11) is 0. The van der Waals surface area contributed by atoms with Gasteiger partial charge in [0.1, 0.15) is 17.2 Å². The topological polar surface area (TPSA) is 64.1 Å². The van der Waals surface area contributed by atoms with Crippen molar-refractivity contribution >= 4 is 34.5 Å². The van der Waals surface area contributed by atoms with E-state index in [1.165, 1.54) is 11.8 Å². The van der Waals surface area contributed by atoms with Crippen molar-refractivity contribution in [3.8, 4) is 0 Å². The van der Waals surface area contributed by atoms with Gasteiger partial charge in [-0.05, 0) is 26.0 Å². The van der Waals surface area contributed by atoms with E-state index in [1.54, 1.807) is 0 Å². The number of ether oxygens (including phenoxy) is 1. The van der Waals surface area contributed by atoms with Crippen molar-refractivity contribution in [2.45, 2.75) is 36.8 Å². The van der Waals surface area contributed by atoms with Gasteiger partial charge in [0, 0.05) is 18.4 Å². The van der Waals surface area contributed by atoms with Crippen LogP contribution >= 0.6 is 11.8 Å². The molecular weight excluding hydrogens is 286 g/mol. The number of aromatic nitrogens is 2. The van der Waals surface area contributed by atoms with Crippen LogP contribution in [-0.2, 0) is 9.53 Å². The number of thioether (sulfide) groups is 1. The van der Waals surface area contributed by atoms with Crippen molar-refractivity contribution in [1.29, 1.82) is 0 Å². The SMILES string of the molecule is CCNc1nc(S[C@H]2C[C@@H](C)OC2=O)nc2ccccc12. The number of anilines is 1. The summed E-state index contributed by atoms with van der Waals surface area (Å²) in [6.45, 7) is 4.72. The van der Waals surface area contributed by atoms with Crippen molar-refractivity contribution in [1.82, 2.24) is 9.97 Å². The maximum atomic E-state index is 11.7. The Morgan fingerprint density at radius 2 is 2.19 bits per heavy atom. The minimum atomic E-state index is -0.212. The first-order chi connectivity index (χ1) is 10.2. The molecule has 1 aromatic heterocycles. The Morgan fingerprint density at radius 3 is 2.90 bits per heavy atom. The van der Waals surface area contributed by atoms with E-state index < -0.39 is 0 Å². The quantitative estimate of drug-likeness (QED) is 0.692. The summed E-state index contributed by atoms with van der Waals surface area (Å²) < 4.78 is 5.18. The zero-order valence-corrected chi connectivity index (χ0v) is 12.8. The fraction of sp³-hybridized carbons (Fsp3) is 0.400. The van der Waals surface area contributed by atoms with Gasteiger partial charge in [-0.25, -0.2) is 9.97 Å². The molecule has 1 N–H and O–H groups in total. The van der Waals surface area contributed by atoms with E-state index >= 15 is 0 Å². The first-order valence-corrected chi connectivity index (χ1v) is 7.93. The standard InChI is InChI=1S/C15H17N3O2S/c1-3-16-13-10-6-4-5-7-11(10)17-15(18-13)21-12-8-9(2)20-14(12)19/h4-7,9,12H,3,8H2,1-2H3,(H,16,17,18)/t9-,12+/m1/s1. The van der Waals surface area contributed by atoms with Crippen LogP contribution in [0.25, 0.3) is 10.9 Å². The summed E-state index contributed by atoms with van der Waals surface area (Å²) >= 11 is 1.38. The number of cyclic esters (lactones) is 1. The molecule has 0 amide bonds. The second-order valence-electron chi connectivity index (χ2n) is 4.99. The summed E-state index contributed by atoms with van der Waals surface area (Å²) in [5.41, 5.74) is 0.880. The maximum absolute atomic E-state index is 11.7. The lowest BCUT2D eigenvalue weighted by atomic mass is 10.2. The third-order valence-electron chi connectivity index (χ3n) is 3.30. The average Bonchev–Trinajstić information content (AvgIpc) is 2.77. The Kier molecular flexibility index (Phi) is 3.96. The first-order valence-electron chi connectivity index (χ1n) is 7.05. The van der Waals surface area contributed by atoms with E-state index in [4.69, 9.17) is 4.74 Å². The van der Waals surface area contributed by atoms with Crippen LogP contribution in [0, 0.1) is 0 Å². The van der Waals surface area contributed by atoms with Gasteiger partial charge in [-0.3, -0.25) is 4.79 Å². The van der Waals surface area contributed by atoms with Gasteiger partial charge in [-0.2, -0.15) is 0 Å². The zero-order valence-electron chi connectivity index (χ0n) is 12.0. The molecule has 3 rings (SSSR count). The van der Waals surface area contributed by atoms with Crippen LogP contribution in [0.5, 0.6) is 0 Å². The number of hydrogen-bond acceptors (Lipinski definition) is 6. The number of fused-ring (bicyclic) bond motifs is 1. The Bertz CT molecular complexity index is 677. The molecule has 1 aromatic carbocycles. The number of esters is 1. The molecule has 1 aliphatic rings. The van der Waals surface area contributed by atoms with Crippen molar-refractivity contribution in [3.63, 3.8) is 0 Å². The monoisotopic (exact) mass is 303 g/mol. The number of hydrogen-bond donors (Lipinski definition) is 1. The summed E-state index contributed by atoms with van der Waals surface area (Å²) in [5, 5.41) is 4.65. The molecule has 0 spiro atoms. The van der Waals surface area contributed by atoms with Crippen LogP contribution in [0.4, 0.5) is 5.82 Å². The molecule has 1 saturated heterocycles. The Balaban J connectivity index is 1.93. The summed E-state index contributed by atoms with van der Waals surface area (Å²) in [6.07, 6.45) is 0.680. The number of benzene rings is 1. The number of carbonyl (C=O) groups is 1. The Labute approximate surface area is 127 Å². The number of rotatable bonds is 4. The normalized spacial score (nSPS) is 21.5. The van der Waals surface area contributed by atoms with E-state index in [9.17, 15) is 4.79 Å². The van der Waals surface area contributed by atoms with Crippen LogP contribution in [0.2, 0.25) is 0 Å². The maximum Gasteiger partial charge on any atom is 0.319 e. The molecule has 0 bridgehead atoms. The van der Waals surface area contributed by atoms with Gasteiger partial charge in [0.05, 0.1) is 5.52 Å². The lowest BCUT2D eigenvalue weighted by molar-refractivity contribution is -0.140. The minimum absolute atomic E-state index is 0.0244. The second kappa shape index (κ2) is 5.89. The molecule has 2 aromatic rings. The third kappa shape index (κ3) is 2.95. The molecule has 1 fully saturated rings. The van der Waals surface area contributed by atoms with Crippen LogP contribution < -0.4 is 5.32 Å². The zero-order chi connectivity index (χ0) is 14.8. The van der Waals surface area contributed by atoms with Crippen molar-refractivity contribution < 1.29 is 9.53 Å². The van der Waals surface area contributed by atoms with Gasteiger partial charge in [-0.15, -0.1) is 0 Å². The Hall–Kier alpha value is -1.82. The van der Waals surface area contributed by atoms with E-state index in [1.807, 2.05) is 38.1 Å². The van der Waals surface area contributed by atoms with E-state index in [2.05, 4.69) is 15.3 Å². The van der Waals surface area contributed by atoms with Gasteiger partial charge >= 0.3 is 5.97 Å². The fourth-order valence-corrected chi connectivity index (χ4v) is 3.42. The number of nitrogens with one attached hydrogen (secondary N) is 1. The molecule has 2 atom stereocenters. The molecule has 0 saturated carbocycles. The minimum Gasteiger partial charge on any atom is -0.462 e. The molecule has 5 nitrogen and oxygen atoms in total. The van der Waals surface area contributed by atoms with Crippen LogP contribution in [0.3, 0.4) is 0 Å². The molecule has 1 aliphatic heterocycles. The van der Waals surface area contributed by atoms with E-state index in [-0.39, 0.29) is 17.3 Å². The van der Waals surface area contributed by atoms with Crippen LogP contribution in [-0.4, -0.2) is 33.8 Å². The van der Waals surface area contributed by atoms with E-state index in [0.29, 0.717) is 11.6 Å². The molecule has 2 heterocycles. The van der Waals surface area contributed by atoms with Gasteiger partial charge in [0.2, 0.25) is 0 Å². The van der Waals surface area contributed by atoms with Crippen molar-refractivity contribution in [2.24, 2.45) is 0 Å². The molecule has 110 valence electrons. The van der Waals surface area contributed by atoms with Crippen LogP contribution in [0.15, 0.2) is 29.4 Å². The molecule has 0 aliphatic carbocycles. The average molecular weight is 303 g/mol. The highest BCUT2D eigenvalue weighted by Gasteiger charge is 2.33. The predicted molar refractivity (Wildman–Crippen MR) is 83.5 cm³/mol. The van der Waals surface area contributed by atoms with Gasteiger partial charge < -0.3 is 10.1 Å². The van der Waals surface area contributed by atoms with Crippen LogP contribution in [0.1, 0.15) is 20.3 Å². The highest BCUT2D eigenvalue weighted by molar-refractivity contribution is 8.00.